The molecule has 1 aliphatic rings. The number of β-amino-alcohol motifs (C(OH)–C–C–N with tert-alkyl or cyclic N) is 1. The molecule has 2 N–H and O–H groups in total. The van der Waals surface area contributed by atoms with E-state index in [4.69, 9.17) is 0 Å². The van der Waals surface area contributed by atoms with Gasteiger partial charge in [0.15, 0.2) is 0 Å². The van der Waals surface area contributed by atoms with E-state index < -0.39 is 0 Å². The Morgan fingerprint density at radius 2 is 2.06 bits per heavy atom. The first kappa shape index (κ1) is 12.4. The van der Waals surface area contributed by atoms with Crippen LogP contribution in [-0.4, -0.2) is 29.4 Å². The van der Waals surface area contributed by atoms with Crippen molar-refractivity contribution in [3.8, 4) is 0 Å². The van der Waals surface area contributed by atoms with E-state index in [9.17, 15) is 10.2 Å². The van der Waals surface area contributed by atoms with Gasteiger partial charge in [-0.1, -0.05) is 19.1 Å². The Hall–Kier alpha value is -1.06. The summed E-state index contributed by atoms with van der Waals surface area (Å²) in [6.45, 7) is 3.70. The molecule has 0 spiro atoms. The lowest BCUT2D eigenvalue weighted by molar-refractivity contribution is 0.154. The van der Waals surface area contributed by atoms with E-state index in [2.05, 4.69) is 4.90 Å². The van der Waals surface area contributed by atoms with Crippen LogP contribution in [0.3, 0.4) is 0 Å². The Balaban J connectivity index is 2.06. The van der Waals surface area contributed by atoms with Gasteiger partial charge in [0.25, 0.3) is 0 Å². The molecular formula is C14H21NO2. The Morgan fingerprint density at radius 3 is 2.65 bits per heavy atom. The van der Waals surface area contributed by atoms with Crippen LogP contribution in [0.2, 0.25) is 0 Å². The van der Waals surface area contributed by atoms with E-state index in [1.165, 1.54) is 0 Å². The van der Waals surface area contributed by atoms with Gasteiger partial charge in [-0.3, -0.25) is 0 Å². The highest BCUT2D eigenvalue weighted by molar-refractivity contribution is 5.48. The Labute approximate surface area is 103 Å². The molecule has 1 aromatic carbocycles. The molecule has 1 heterocycles. The third-order valence-corrected chi connectivity index (χ3v) is 3.43. The minimum Gasteiger partial charge on any atom is -0.391 e. The Kier molecular flexibility index (Phi) is 4.02. The van der Waals surface area contributed by atoms with Gasteiger partial charge in [0.05, 0.1) is 12.2 Å². The molecular weight excluding hydrogens is 214 g/mol. The van der Waals surface area contributed by atoms with Crippen molar-refractivity contribution >= 4 is 5.69 Å². The number of nitrogens with zero attached hydrogens (tertiary/aromatic N) is 1. The summed E-state index contributed by atoms with van der Waals surface area (Å²) in [5.74, 6) is 0. The average molecular weight is 235 g/mol. The van der Waals surface area contributed by atoms with Crippen LogP contribution in [0.4, 0.5) is 5.69 Å². The molecule has 1 saturated heterocycles. The van der Waals surface area contributed by atoms with Gasteiger partial charge in [0, 0.05) is 18.8 Å². The summed E-state index contributed by atoms with van der Waals surface area (Å²) in [6, 6.07) is 8.02. The summed E-state index contributed by atoms with van der Waals surface area (Å²) in [5.41, 5.74) is 2.10. The average Bonchev–Trinajstić information content (AvgIpc) is 2.38. The number of anilines is 1. The summed E-state index contributed by atoms with van der Waals surface area (Å²) in [4.78, 5) is 2.20. The van der Waals surface area contributed by atoms with Gasteiger partial charge in [0.1, 0.15) is 0 Å². The van der Waals surface area contributed by atoms with Crippen LogP contribution in [0.5, 0.6) is 0 Å². The zero-order valence-electron chi connectivity index (χ0n) is 10.3. The first-order valence-electron chi connectivity index (χ1n) is 6.41. The summed E-state index contributed by atoms with van der Waals surface area (Å²) in [5, 5.41) is 19.4. The molecule has 94 valence electrons. The second kappa shape index (κ2) is 5.52. The molecule has 1 unspecified atom stereocenters. The van der Waals surface area contributed by atoms with Crippen molar-refractivity contribution in [3.63, 3.8) is 0 Å². The largest absolute Gasteiger partial charge is 0.391 e. The van der Waals surface area contributed by atoms with Crippen LogP contribution in [0, 0.1) is 0 Å². The van der Waals surface area contributed by atoms with Crippen LogP contribution < -0.4 is 4.90 Å². The second-order valence-corrected chi connectivity index (χ2v) is 4.76. The molecule has 2 rings (SSSR count). The molecule has 0 aromatic heterocycles. The molecule has 1 fully saturated rings. The first-order chi connectivity index (χ1) is 8.20. The molecule has 2 atom stereocenters. The second-order valence-electron chi connectivity index (χ2n) is 4.76. The zero-order valence-corrected chi connectivity index (χ0v) is 10.3. The predicted octanol–water partition coefficient (Wildman–Crippen LogP) is 2.09. The van der Waals surface area contributed by atoms with Gasteiger partial charge < -0.3 is 15.1 Å². The van der Waals surface area contributed by atoms with Gasteiger partial charge in [0.2, 0.25) is 0 Å². The minimum absolute atomic E-state index is 0.204. The van der Waals surface area contributed by atoms with Crippen LogP contribution in [-0.2, 0) is 0 Å². The monoisotopic (exact) mass is 235 g/mol. The van der Waals surface area contributed by atoms with E-state index in [0.717, 1.165) is 43.6 Å². The molecule has 3 nitrogen and oxygen atoms in total. The van der Waals surface area contributed by atoms with Crippen molar-refractivity contribution in [2.24, 2.45) is 0 Å². The van der Waals surface area contributed by atoms with Crippen molar-refractivity contribution in [3.05, 3.63) is 29.8 Å². The van der Waals surface area contributed by atoms with E-state index in [0.29, 0.717) is 0 Å². The molecule has 0 amide bonds. The standard InChI is InChI=1S/C14H21NO2/c1-2-14(17)11-5-7-12(8-6-11)15-9-3-4-13(16)10-15/h5-8,13-14,16-17H,2-4,9-10H2,1H3/t13?,14-/m1/s1. The number of aliphatic hydroxyl groups is 2. The molecule has 0 aliphatic carbocycles. The molecule has 3 heteroatoms. The van der Waals surface area contributed by atoms with Gasteiger partial charge in [-0.15, -0.1) is 0 Å². The molecule has 17 heavy (non-hydrogen) atoms. The van der Waals surface area contributed by atoms with E-state index in [-0.39, 0.29) is 12.2 Å². The highest BCUT2D eigenvalue weighted by Crippen LogP contribution is 2.23. The third kappa shape index (κ3) is 2.99. The summed E-state index contributed by atoms with van der Waals surface area (Å²) in [7, 11) is 0. The fourth-order valence-corrected chi connectivity index (χ4v) is 2.33. The molecule has 0 bridgehead atoms. The van der Waals surface area contributed by atoms with Crippen LogP contribution >= 0.6 is 0 Å². The normalized spacial score (nSPS) is 22.5. The maximum atomic E-state index is 9.72. The smallest absolute Gasteiger partial charge is 0.0787 e. The van der Waals surface area contributed by atoms with Gasteiger partial charge in [-0.05, 0) is 37.0 Å². The molecule has 0 saturated carbocycles. The van der Waals surface area contributed by atoms with E-state index >= 15 is 0 Å². The van der Waals surface area contributed by atoms with Crippen molar-refractivity contribution in [1.82, 2.24) is 0 Å². The molecule has 0 radical (unpaired) electrons. The lowest BCUT2D eigenvalue weighted by Crippen LogP contribution is -2.38. The van der Waals surface area contributed by atoms with Crippen molar-refractivity contribution in [2.45, 2.75) is 38.4 Å². The van der Waals surface area contributed by atoms with Crippen molar-refractivity contribution < 1.29 is 10.2 Å². The highest BCUT2D eigenvalue weighted by Gasteiger charge is 2.17. The Morgan fingerprint density at radius 1 is 1.35 bits per heavy atom. The highest BCUT2D eigenvalue weighted by atomic mass is 16.3. The lowest BCUT2D eigenvalue weighted by Gasteiger charge is -2.32. The quantitative estimate of drug-likeness (QED) is 0.843. The van der Waals surface area contributed by atoms with Crippen LogP contribution in [0.1, 0.15) is 37.9 Å². The van der Waals surface area contributed by atoms with E-state index in [1.54, 1.807) is 0 Å². The third-order valence-electron chi connectivity index (χ3n) is 3.43. The predicted molar refractivity (Wildman–Crippen MR) is 69.1 cm³/mol. The molecule has 1 aliphatic heterocycles. The van der Waals surface area contributed by atoms with E-state index in [1.807, 2.05) is 31.2 Å². The van der Waals surface area contributed by atoms with Gasteiger partial charge in [-0.25, -0.2) is 0 Å². The van der Waals surface area contributed by atoms with Crippen molar-refractivity contribution in [1.29, 1.82) is 0 Å². The molecule has 1 aromatic rings. The fraction of sp³-hybridized carbons (Fsp3) is 0.571. The van der Waals surface area contributed by atoms with Crippen LogP contribution in [0.15, 0.2) is 24.3 Å². The number of piperidine rings is 1. The summed E-state index contributed by atoms with van der Waals surface area (Å²) < 4.78 is 0. The lowest BCUT2D eigenvalue weighted by atomic mass is 10.0. The summed E-state index contributed by atoms with van der Waals surface area (Å²) in [6.07, 6.45) is 2.12. The van der Waals surface area contributed by atoms with Crippen LogP contribution in [0.25, 0.3) is 0 Å². The Bertz CT molecular complexity index is 350. The maximum Gasteiger partial charge on any atom is 0.0787 e. The number of benzene rings is 1. The SMILES string of the molecule is CC[C@@H](O)c1ccc(N2CCCC(O)C2)cc1. The summed E-state index contributed by atoms with van der Waals surface area (Å²) >= 11 is 0. The fourth-order valence-electron chi connectivity index (χ4n) is 2.33. The maximum absolute atomic E-state index is 9.72. The number of hydrogen-bond donors (Lipinski definition) is 2. The topological polar surface area (TPSA) is 43.7 Å². The minimum atomic E-state index is -0.365. The van der Waals surface area contributed by atoms with Crippen molar-refractivity contribution in [2.75, 3.05) is 18.0 Å². The zero-order chi connectivity index (χ0) is 12.3. The number of hydrogen-bond acceptors (Lipinski definition) is 3. The first-order valence-corrected chi connectivity index (χ1v) is 6.41. The number of aliphatic hydroxyl groups excluding tert-OH is 2. The van der Waals surface area contributed by atoms with Gasteiger partial charge in [-0.2, -0.15) is 0 Å². The van der Waals surface area contributed by atoms with Gasteiger partial charge >= 0.3 is 0 Å². The number of rotatable bonds is 3.